The van der Waals surface area contributed by atoms with Gasteiger partial charge in [-0.2, -0.15) is 0 Å². The molecule has 0 spiro atoms. The van der Waals surface area contributed by atoms with Gasteiger partial charge in [-0.15, -0.1) is 0 Å². The average molecular weight is 229 g/mol. The van der Waals surface area contributed by atoms with Gasteiger partial charge in [0.25, 0.3) is 0 Å². The Balaban J connectivity index is 2.34. The summed E-state index contributed by atoms with van der Waals surface area (Å²) in [6.07, 6.45) is 5.51. The monoisotopic (exact) mass is 229 g/mol. The van der Waals surface area contributed by atoms with Gasteiger partial charge in [0.05, 0.1) is 12.7 Å². The third kappa shape index (κ3) is 4.04. The Morgan fingerprint density at radius 1 is 1.31 bits per heavy atom. The summed E-state index contributed by atoms with van der Waals surface area (Å²) in [5, 5.41) is 3.64. The van der Waals surface area contributed by atoms with Gasteiger partial charge in [-0.05, 0) is 18.3 Å². The van der Waals surface area contributed by atoms with Gasteiger partial charge >= 0.3 is 0 Å². The highest BCUT2D eigenvalue weighted by molar-refractivity contribution is 4.88. The van der Waals surface area contributed by atoms with Crippen molar-refractivity contribution in [3.63, 3.8) is 0 Å². The summed E-state index contributed by atoms with van der Waals surface area (Å²) in [5.41, 5.74) is 0.420. The molecule has 1 aliphatic carbocycles. The van der Waals surface area contributed by atoms with Crippen LogP contribution in [0.3, 0.4) is 0 Å². The van der Waals surface area contributed by atoms with Crippen molar-refractivity contribution in [1.82, 2.24) is 5.32 Å². The van der Waals surface area contributed by atoms with Gasteiger partial charge < -0.3 is 14.8 Å². The van der Waals surface area contributed by atoms with Crippen LogP contribution < -0.4 is 5.32 Å². The van der Waals surface area contributed by atoms with Gasteiger partial charge in [0.15, 0.2) is 0 Å². The topological polar surface area (TPSA) is 30.5 Å². The molecule has 0 aromatic rings. The van der Waals surface area contributed by atoms with Crippen LogP contribution >= 0.6 is 0 Å². The lowest BCUT2D eigenvalue weighted by molar-refractivity contribution is 0.0221. The molecule has 1 saturated carbocycles. The Morgan fingerprint density at radius 3 is 2.62 bits per heavy atom. The highest BCUT2D eigenvalue weighted by Gasteiger charge is 2.31. The van der Waals surface area contributed by atoms with Crippen LogP contribution in [0.15, 0.2) is 0 Å². The van der Waals surface area contributed by atoms with Crippen LogP contribution in [0.5, 0.6) is 0 Å². The van der Waals surface area contributed by atoms with Gasteiger partial charge in [0, 0.05) is 26.8 Å². The number of hydrogen-bond acceptors (Lipinski definition) is 3. The molecule has 0 radical (unpaired) electrons. The SMILES string of the molecule is COCC(CNC1CCCCC1(C)C)OC. The number of nitrogens with one attached hydrogen (secondary N) is 1. The van der Waals surface area contributed by atoms with E-state index in [1.165, 1.54) is 25.7 Å². The third-order valence-corrected chi connectivity index (χ3v) is 3.79. The summed E-state index contributed by atoms with van der Waals surface area (Å²) in [6, 6.07) is 0.621. The summed E-state index contributed by atoms with van der Waals surface area (Å²) in [6.45, 7) is 6.28. The zero-order valence-corrected chi connectivity index (χ0v) is 11.2. The first-order valence-corrected chi connectivity index (χ1v) is 6.35. The highest BCUT2D eigenvalue weighted by Crippen LogP contribution is 2.35. The van der Waals surface area contributed by atoms with E-state index in [0.29, 0.717) is 18.1 Å². The number of hydrogen-bond donors (Lipinski definition) is 1. The molecule has 0 amide bonds. The smallest absolute Gasteiger partial charge is 0.0928 e. The Morgan fingerprint density at radius 2 is 2.06 bits per heavy atom. The minimum atomic E-state index is 0.169. The van der Waals surface area contributed by atoms with Crippen LogP contribution in [0.1, 0.15) is 39.5 Å². The zero-order chi connectivity index (χ0) is 12.0. The fourth-order valence-corrected chi connectivity index (χ4v) is 2.54. The quantitative estimate of drug-likeness (QED) is 0.757. The molecule has 0 aromatic heterocycles. The lowest BCUT2D eigenvalue weighted by Gasteiger charge is -2.39. The van der Waals surface area contributed by atoms with Gasteiger partial charge in [-0.3, -0.25) is 0 Å². The number of rotatable bonds is 6. The Hall–Kier alpha value is -0.120. The third-order valence-electron chi connectivity index (χ3n) is 3.79. The van der Waals surface area contributed by atoms with Crippen molar-refractivity contribution in [2.45, 2.75) is 51.7 Å². The van der Waals surface area contributed by atoms with E-state index in [1.54, 1.807) is 14.2 Å². The van der Waals surface area contributed by atoms with E-state index >= 15 is 0 Å². The second-order valence-corrected chi connectivity index (χ2v) is 5.51. The number of ether oxygens (including phenoxy) is 2. The first-order valence-electron chi connectivity index (χ1n) is 6.35. The lowest BCUT2D eigenvalue weighted by atomic mass is 9.73. The molecule has 2 atom stereocenters. The molecule has 1 N–H and O–H groups in total. The van der Waals surface area contributed by atoms with Crippen molar-refractivity contribution in [2.75, 3.05) is 27.4 Å². The maximum atomic E-state index is 5.36. The second-order valence-electron chi connectivity index (χ2n) is 5.51. The van der Waals surface area contributed by atoms with E-state index in [9.17, 15) is 0 Å². The Bertz CT molecular complexity index is 194. The number of methoxy groups -OCH3 is 2. The fraction of sp³-hybridized carbons (Fsp3) is 1.00. The van der Waals surface area contributed by atoms with Crippen molar-refractivity contribution in [3.05, 3.63) is 0 Å². The Labute approximate surface area is 99.9 Å². The van der Waals surface area contributed by atoms with Crippen molar-refractivity contribution in [1.29, 1.82) is 0 Å². The predicted molar refractivity (Wildman–Crippen MR) is 66.7 cm³/mol. The van der Waals surface area contributed by atoms with Crippen LogP contribution in [0.2, 0.25) is 0 Å². The normalized spacial score (nSPS) is 26.6. The Kier molecular flexibility index (Phi) is 5.73. The largest absolute Gasteiger partial charge is 0.382 e. The van der Waals surface area contributed by atoms with E-state index in [2.05, 4.69) is 19.2 Å². The van der Waals surface area contributed by atoms with Gasteiger partial charge in [-0.25, -0.2) is 0 Å². The van der Waals surface area contributed by atoms with Crippen LogP contribution in [-0.4, -0.2) is 39.5 Å². The van der Waals surface area contributed by atoms with Crippen molar-refractivity contribution in [2.24, 2.45) is 5.41 Å². The summed E-state index contributed by atoms with van der Waals surface area (Å²) in [7, 11) is 3.47. The van der Waals surface area contributed by atoms with Gasteiger partial charge in [0.1, 0.15) is 0 Å². The molecule has 3 heteroatoms. The molecule has 0 heterocycles. The standard InChI is InChI=1S/C13H27NO2/c1-13(2)8-6-5-7-12(13)14-9-11(16-4)10-15-3/h11-12,14H,5-10H2,1-4H3. The fourth-order valence-electron chi connectivity index (χ4n) is 2.54. The summed E-state index contributed by atoms with van der Waals surface area (Å²) in [4.78, 5) is 0. The highest BCUT2D eigenvalue weighted by atomic mass is 16.5. The van der Waals surface area contributed by atoms with Gasteiger partial charge in [0.2, 0.25) is 0 Å². The average Bonchev–Trinajstić information content (AvgIpc) is 2.25. The maximum Gasteiger partial charge on any atom is 0.0928 e. The molecule has 0 bridgehead atoms. The minimum Gasteiger partial charge on any atom is -0.382 e. The molecule has 1 rings (SSSR count). The first kappa shape index (κ1) is 13.9. The van der Waals surface area contributed by atoms with Crippen LogP contribution in [0.25, 0.3) is 0 Å². The van der Waals surface area contributed by atoms with E-state index in [-0.39, 0.29) is 6.10 Å². The van der Waals surface area contributed by atoms with Crippen LogP contribution in [-0.2, 0) is 9.47 Å². The molecule has 0 saturated heterocycles. The molecule has 0 aromatic carbocycles. The van der Waals surface area contributed by atoms with E-state index < -0.39 is 0 Å². The van der Waals surface area contributed by atoms with Crippen molar-refractivity contribution < 1.29 is 9.47 Å². The van der Waals surface area contributed by atoms with Crippen molar-refractivity contribution >= 4 is 0 Å². The van der Waals surface area contributed by atoms with Crippen LogP contribution in [0.4, 0.5) is 0 Å². The van der Waals surface area contributed by atoms with Crippen molar-refractivity contribution in [3.8, 4) is 0 Å². The molecule has 0 aliphatic heterocycles. The van der Waals surface area contributed by atoms with E-state index in [4.69, 9.17) is 9.47 Å². The first-order chi connectivity index (χ1) is 7.60. The molecule has 2 unspecified atom stereocenters. The second kappa shape index (κ2) is 6.58. The zero-order valence-electron chi connectivity index (χ0n) is 11.2. The lowest BCUT2D eigenvalue weighted by Crippen LogP contribution is -2.47. The molecule has 1 aliphatic rings. The van der Waals surface area contributed by atoms with Crippen LogP contribution in [0, 0.1) is 5.41 Å². The predicted octanol–water partition coefficient (Wildman–Crippen LogP) is 2.21. The van der Waals surface area contributed by atoms with E-state index in [1.807, 2.05) is 0 Å². The van der Waals surface area contributed by atoms with Gasteiger partial charge in [-0.1, -0.05) is 26.7 Å². The molecular weight excluding hydrogens is 202 g/mol. The summed E-state index contributed by atoms with van der Waals surface area (Å²) >= 11 is 0. The summed E-state index contributed by atoms with van der Waals surface area (Å²) < 4.78 is 10.5. The molecular formula is C13H27NO2. The molecule has 16 heavy (non-hydrogen) atoms. The molecule has 96 valence electrons. The van der Waals surface area contributed by atoms with E-state index in [0.717, 1.165) is 6.54 Å². The summed E-state index contributed by atoms with van der Waals surface area (Å²) in [5.74, 6) is 0. The maximum absolute atomic E-state index is 5.36. The molecule has 1 fully saturated rings. The minimum absolute atomic E-state index is 0.169. The molecule has 3 nitrogen and oxygen atoms in total.